The minimum absolute atomic E-state index is 0.0223. The Bertz CT molecular complexity index is 701. The molecule has 2 rings (SSSR count). The number of rotatable bonds is 8. The SMILES string of the molecule is CCOc1ccccc1NC(=O)CNC(c1ncccc1C)C(C)C. The lowest BCUT2D eigenvalue weighted by Gasteiger charge is -2.23. The van der Waals surface area contributed by atoms with E-state index in [0.29, 0.717) is 24.0 Å². The molecule has 25 heavy (non-hydrogen) atoms. The van der Waals surface area contributed by atoms with E-state index in [1.54, 1.807) is 6.20 Å². The van der Waals surface area contributed by atoms with Crippen molar-refractivity contribution in [1.29, 1.82) is 0 Å². The van der Waals surface area contributed by atoms with E-state index < -0.39 is 0 Å². The number of carbonyl (C=O) groups is 1. The number of amides is 1. The van der Waals surface area contributed by atoms with Crippen LogP contribution in [-0.2, 0) is 4.79 Å². The van der Waals surface area contributed by atoms with Crippen molar-refractivity contribution in [3.05, 3.63) is 53.9 Å². The van der Waals surface area contributed by atoms with Crippen LogP contribution in [-0.4, -0.2) is 24.0 Å². The first-order chi connectivity index (χ1) is 12.0. The van der Waals surface area contributed by atoms with Gasteiger partial charge in [-0.25, -0.2) is 0 Å². The normalized spacial score (nSPS) is 12.0. The Morgan fingerprint density at radius 1 is 1.20 bits per heavy atom. The van der Waals surface area contributed by atoms with Crippen LogP contribution in [0.25, 0.3) is 0 Å². The lowest BCUT2D eigenvalue weighted by atomic mass is 9.97. The molecular weight excluding hydrogens is 314 g/mol. The lowest BCUT2D eigenvalue weighted by Crippen LogP contribution is -2.34. The third-order valence-corrected chi connectivity index (χ3v) is 3.95. The van der Waals surface area contributed by atoms with E-state index in [0.717, 1.165) is 11.3 Å². The summed E-state index contributed by atoms with van der Waals surface area (Å²) in [6, 6.07) is 11.4. The van der Waals surface area contributed by atoms with Crippen LogP contribution in [0.3, 0.4) is 0 Å². The summed E-state index contributed by atoms with van der Waals surface area (Å²) in [7, 11) is 0. The molecule has 134 valence electrons. The van der Waals surface area contributed by atoms with Gasteiger partial charge in [0.1, 0.15) is 5.75 Å². The van der Waals surface area contributed by atoms with Crippen LogP contribution in [0.2, 0.25) is 0 Å². The maximum Gasteiger partial charge on any atom is 0.238 e. The number of hydrogen-bond donors (Lipinski definition) is 2. The molecule has 0 aliphatic heterocycles. The van der Waals surface area contributed by atoms with Crippen molar-refractivity contribution in [2.24, 2.45) is 5.92 Å². The van der Waals surface area contributed by atoms with Gasteiger partial charge in [-0.1, -0.05) is 32.0 Å². The molecule has 2 N–H and O–H groups in total. The molecule has 0 bridgehead atoms. The van der Waals surface area contributed by atoms with Crippen LogP contribution < -0.4 is 15.4 Å². The van der Waals surface area contributed by atoms with E-state index in [4.69, 9.17) is 4.74 Å². The van der Waals surface area contributed by atoms with Gasteiger partial charge in [-0.3, -0.25) is 15.1 Å². The number of pyridine rings is 1. The number of nitrogens with zero attached hydrogens (tertiary/aromatic N) is 1. The number of benzene rings is 1. The highest BCUT2D eigenvalue weighted by Gasteiger charge is 2.19. The maximum absolute atomic E-state index is 12.4. The summed E-state index contributed by atoms with van der Waals surface area (Å²) in [5.74, 6) is 0.892. The average molecular weight is 341 g/mol. The van der Waals surface area contributed by atoms with E-state index in [9.17, 15) is 4.79 Å². The van der Waals surface area contributed by atoms with Crippen LogP contribution in [0.4, 0.5) is 5.69 Å². The van der Waals surface area contributed by atoms with E-state index in [1.165, 1.54) is 0 Å². The number of nitrogens with one attached hydrogen (secondary N) is 2. The monoisotopic (exact) mass is 341 g/mol. The standard InChI is InChI=1S/C20H27N3O2/c1-5-25-17-11-7-6-10-16(17)23-18(24)13-22-19(14(2)3)20-15(4)9-8-12-21-20/h6-12,14,19,22H,5,13H2,1-4H3,(H,23,24). The zero-order valence-electron chi connectivity index (χ0n) is 15.4. The predicted octanol–water partition coefficient (Wildman–Crippen LogP) is 3.71. The Hall–Kier alpha value is -2.40. The molecule has 0 radical (unpaired) electrons. The molecule has 0 spiro atoms. The largest absolute Gasteiger partial charge is 0.492 e. The zero-order valence-corrected chi connectivity index (χ0v) is 15.4. The van der Waals surface area contributed by atoms with Crippen molar-refractivity contribution in [3.63, 3.8) is 0 Å². The lowest BCUT2D eigenvalue weighted by molar-refractivity contribution is -0.115. The molecular formula is C20H27N3O2. The highest BCUT2D eigenvalue weighted by Crippen LogP contribution is 2.24. The van der Waals surface area contributed by atoms with Gasteiger partial charge < -0.3 is 10.1 Å². The summed E-state index contributed by atoms with van der Waals surface area (Å²) in [6.45, 7) is 8.96. The first kappa shape index (κ1) is 18.9. The number of aryl methyl sites for hydroxylation is 1. The molecule has 0 saturated carbocycles. The molecule has 1 unspecified atom stereocenters. The summed E-state index contributed by atoms with van der Waals surface area (Å²) in [5, 5.41) is 6.24. The van der Waals surface area contributed by atoms with Crippen LogP contribution in [0.1, 0.15) is 38.1 Å². The Kier molecular flexibility index (Phi) is 6.95. The third-order valence-electron chi connectivity index (χ3n) is 3.95. The van der Waals surface area contributed by atoms with Crippen molar-refractivity contribution in [3.8, 4) is 5.75 Å². The topological polar surface area (TPSA) is 63.2 Å². The first-order valence-electron chi connectivity index (χ1n) is 8.69. The van der Waals surface area contributed by atoms with Gasteiger partial charge in [-0.2, -0.15) is 0 Å². The number of hydrogen-bond acceptors (Lipinski definition) is 4. The van der Waals surface area contributed by atoms with Gasteiger partial charge in [-0.05, 0) is 43.5 Å². The molecule has 1 aromatic heterocycles. The van der Waals surface area contributed by atoms with Crippen molar-refractivity contribution in [1.82, 2.24) is 10.3 Å². The van der Waals surface area contributed by atoms with Crippen LogP contribution in [0, 0.1) is 12.8 Å². The Labute approximate surface area is 149 Å². The molecule has 2 aromatic rings. The van der Waals surface area contributed by atoms with E-state index in [2.05, 4.69) is 29.5 Å². The van der Waals surface area contributed by atoms with Crippen LogP contribution in [0.5, 0.6) is 5.75 Å². The van der Waals surface area contributed by atoms with Crippen LogP contribution >= 0.6 is 0 Å². The molecule has 1 heterocycles. The molecule has 0 aliphatic carbocycles. The number of anilines is 1. The predicted molar refractivity (Wildman–Crippen MR) is 101 cm³/mol. The van der Waals surface area contributed by atoms with Crippen molar-refractivity contribution >= 4 is 11.6 Å². The number of aromatic nitrogens is 1. The number of ether oxygens (including phenoxy) is 1. The van der Waals surface area contributed by atoms with Crippen LogP contribution in [0.15, 0.2) is 42.6 Å². The molecule has 5 nitrogen and oxygen atoms in total. The summed E-state index contributed by atoms with van der Waals surface area (Å²) in [6.07, 6.45) is 1.79. The third kappa shape index (κ3) is 5.29. The van der Waals surface area contributed by atoms with Gasteiger partial charge in [0.05, 0.1) is 30.6 Å². The summed E-state index contributed by atoms with van der Waals surface area (Å²) in [4.78, 5) is 16.8. The average Bonchev–Trinajstić information content (AvgIpc) is 2.58. The van der Waals surface area contributed by atoms with Crippen molar-refractivity contribution < 1.29 is 9.53 Å². The van der Waals surface area contributed by atoms with Gasteiger partial charge in [0, 0.05) is 6.20 Å². The van der Waals surface area contributed by atoms with Crippen molar-refractivity contribution in [2.45, 2.75) is 33.7 Å². The van der Waals surface area contributed by atoms with Crippen molar-refractivity contribution in [2.75, 3.05) is 18.5 Å². The molecule has 1 amide bonds. The Balaban J connectivity index is 2.02. The number of carbonyl (C=O) groups excluding carboxylic acids is 1. The second-order valence-electron chi connectivity index (χ2n) is 6.29. The Morgan fingerprint density at radius 3 is 2.64 bits per heavy atom. The van der Waals surface area contributed by atoms with E-state index >= 15 is 0 Å². The second kappa shape index (κ2) is 9.18. The maximum atomic E-state index is 12.4. The fourth-order valence-electron chi connectivity index (χ4n) is 2.72. The molecule has 0 fully saturated rings. The molecule has 1 atom stereocenters. The van der Waals surface area contributed by atoms with Gasteiger partial charge in [0.25, 0.3) is 0 Å². The van der Waals surface area contributed by atoms with E-state index in [-0.39, 0.29) is 18.5 Å². The molecule has 0 aliphatic rings. The van der Waals surface area contributed by atoms with Gasteiger partial charge in [-0.15, -0.1) is 0 Å². The van der Waals surface area contributed by atoms with Gasteiger partial charge >= 0.3 is 0 Å². The first-order valence-corrected chi connectivity index (χ1v) is 8.69. The molecule has 5 heteroatoms. The van der Waals surface area contributed by atoms with Gasteiger partial charge in [0.15, 0.2) is 0 Å². The summed E-state index contributed by atoms with van der Waals surface area (Å²) >= 11 is 0. The summed E-state index contributed by atoms with van der Waals surface area (Å²) in [5.41, 5.74) is 2.79. The quantitative estimate of drug-likeness (QED) is 0.768. The molecule has 1 aromatic carbocycles. The molecule has 0 saturated heterocycles. The highest BCUT2D eigenvalue weighted by molar-refractivity contribution is 5.93. The fraction of sp³-hybridized carbons (Fsp3) is 0.400. The number of para-hydroxylation sites is 2. The fourth-order valence-corrected chi connectivity index (χ4v) is 2.72. The summed E-state index contributed by atoms with van der Waals surface area (Å²) < 4.78 is 5.54. The minimum Gasteiger partial charge on any atom is -0.492 e. The van der Waals surface area contributed by atoms with E-state index in [1.807, 2.05) is 50.2 Å². The smallest absolute Gasteiger partial charge is 0.238 e. The zero-order chi connectivity index (χ0) is 18.2. The minimum atomic E-state index is -0.105. The highest BCUT2D eigenvalue weighted by atomic mass is 16.5. The van der Waals surface area contributed by atoms with Gasteiger partial charge in [0.2, 0.25) is 5.91 Å². The second-order valence-corrected chi connectivity index (χ2v) is 6.29. The Morgan fingerprint density at radius 2 is 1.96 bits per heavy atom.